The first-order valence-corrected chi connectivity index (χ1v) is 8.88. The number of hydrogen-bond donors (Lipinski definition) is 2. The van der Waals surface area contributed by atoms with Gasteiger partial charge in [-0.05, 0) is 55.8 Å². The Balaban J connectivity index is 1.60. The van der Waals surface area contributed by atoms with Gasteiger partial charge in [-0.1, -0.05) is 53.8 Å². The van der Waals surface area contributed by atoms with Crippen LogP contribution in [0, 0.1) is 25.7 Å². The summed E-state index contributed by atoms with van der Waals surface area (Å²) < 4.78 is 0. The molecule has 3 aromatic carbocycles. The lowest BCUT2D eigenvalue weighted by Gasteiger charge is -2.10. The summed E-state index contributed by atoms with van der Waals surface area (Å²) in [5.74, 6) is 6.21. The summed E-state index contributed by atoms with van der Waals surface area (Å²) in [6.45, 7) is 4.22. The van der Waals surface area contributed by atoms with E-state index in [0.29, 0.717) is 0 Å². The van der Waals surface area contributed by atoms with Gasteiger partial charge in [-0.25, -0.2) is 0 Å². The summed E-state index contributed by atoms with van der Waals surface area (Å²) in [6.07, 6.45) is 0. The molecule has 3 aromatic rings. The SMILES string of the molecule is Cc1ccc(NC(=O)CNc2cccc(C#Cc3ccccc3)c2)c(C)c1. The van der Waals surface area contributed by atoms with Crippen LogP contribution in [0.2, 0.25) is 0 Å². The number of benzene rings is 3. The number of aryl methyl sites for hydroxylation is 2. The summed E-state index contributed by atoms with van der Waals surface area (Å²) in [5.41, 5.74) is 5.82. The Labute approximate surface area is 160 Å². The molecule has 134 valence electrons. The van der Waals surface area contributed by atoms with Crippen LogP contribution in [0.3, 0.4) is 0 Å². The van der Waals surface area contributed by atoms with Crippen molar-refractivity contribution in [2.24, 2.45) is 0 Å². The molecule has 0 bridgehead atoms. The highest BCUT2D eigenvalue weighted by molar-refractivity contribution is 5.94. The Morgan fingerprint density at radius 1 is 0.852 bits per heavy atom. The molecule has 0 atom stereocenters. The Morgan fingerprint density at radius 2 is 1.59 bits per heavy atom. The lowest BCUT2D eigenvalue weighted by molar-refractivity contribution is -0.114. The van der Waals surface area contributed by atoms with Gasteiger partial charge < -0.3 is 10.6 Å². The zero-order valence-electron chi connectivity index (χ0n) is 15.5. The molecule has 1 amide bonds. The van der Waals surface area contributed by atoms with Crippen LogP contribution in [-0.2, 0) is 4.79 Å². The number of carbonyl (C=O) groups excluding carboxylic acids is 1. The van der Waals surface area contributed by atoms with Crippen LogP contribution < -0.4 is 10.6 Å². The summed E-state index contributed by atoms with van der Waals surface area (Å²) in [6, 6.07) is 23.6. The topological polar surface area (TPSA) is 41.1 Å². The van der Waals surface area contributed by atoms with Crippen molar-refractivity contribution in [3.05, 3.63) is 95.1 Å². The van der Waals surface area contributed by atoms with E-state index < -0.39 is 0 Å². The molecule has 0 saturated carbocycles. The molecular weight excluding hydrogens is 332 g/mol. The van der Waals surface area contributed by atoms with Crippen LogP contribution >= 0.6 is 0 Å². The van der Waals surface area contributed by atoms with Crippen molar-refractivity contribution in [1.82, 2.24) is 0 Å². The van der Waals surface area contributed by atoms with E-state index in [1.165, 1.54) is 5.56 Å². The van der Waals surface area contributed by atoms with Gasteiger partial charge in [-0.2, -0.15) is 0 Å². The van der Waals surface area contributed by atoms with Gasteiger partial charge in [0.05, 0.1) is 6.54 Å². The second-order valence-corrected chi connectivity index (χ2v) is 6.42. The summed E-state index contributed by atoms with van der Waals surface area (Å²) in [7, 11) is 0. The molecule has 0 unspecified atom stereocenters. The van der Waals surface area contributed by atoms with Gasteiger partial charge in [-0.15, -0.1) is 0 Å². The Morgan fingerprint density at radius 3 is 2.37 bits per heavy atom. The molecule has 0 aliphatic heterocycles. The molecule has 3 nitrogen and oxygen atoms in total. The van der Waals surface area contributed by atoms with Crippen molar-refractivity contribution in [1.29, 1.82) is 0 Å². The van der Waals surface area contributed by atoms with Crippen LogP contribution in [0.5, 0.6) is 0 Å². The molecule has 0 heterocycles. The van der Waals surface area contributed by atoms with Crippen molar-refractivity contribution in [2.45, 2.75) is 13.8 Å². The second kappa shape index (κ2) is 8.73. The molecule has 0 aliphatic carbocycles. The first-order chi connectivity index (χ1) is 13.1. The predicted molar refractivity (Wildman–Crippen MR) is 112 cm³/mol. The fourth-order valence-electron chi connectivity index (χ4n) is 2.70. The number of hydrogen-bond acceptors (Lipinski definition) is 2. The molecular formula is C24H22N2O. The second-order valence-electron chi connectivity index (χ2n) is 6.42. The Bertz CT molecular complexity index is 998. The minimum atomic E-state index is -0.0808. The first-order valence-electron chi connectivity index (χ1n) is 8.88. The molecule has 0 fully saturated rings. The minimum Gasteiger partial charge on any atom is -0.376 e. The van der Waals surface area contributed by atoms with E-state index in [4.69, 9.17) is 0 Å². The van der Waals surface area contributed by atoms with E-state index >= 15 is 0 Å². The van der Waals surface area contributed by atoms with Crippen molar-refractivity contribution in [3.63, 3.8) is 0 Å². The number of amides is 1. The molecule has 0 spiro atoms. The van der Waals surface area contributed by atoms with Gasteiger partial charge in [-0.3, -0.25) is 4.79 Å². The molecule has 27 heavy (non-hydrogen) atoms. The highest BCUT2D eigenvalue weighted by Gasteiger charge is 2.05. The zero-order chi connectivity index (χ0) is 19.1. The quantitative estimate of drug-likeness (QED) is 0.664. The molecule has 2 N–H and O–H groups in total. The van der Waals surface area contributed by atoms with Crippen molar-refractivity contribution in [2.75, 3.05) is 17.2 Å². The molecule has 0 aromatic heterocycles. The number of carbonyl (C=O) groups is 1. The van der Waals surface area contributed by atoms with E-state index in [1.54, 1.807) is 0 Å². The standard InChI is InChI=1S/C24H22N2O/c1-18-11-14-23(19(2)15-18)26-24(27)17-25-22-10-6-9-21(16-22)13-12-20-7-4-3-5-8-20/h3-11,14-16,25H,17H2,1-2H3,(H,26,27). The maximum atomic E-state index is 12.2. The van der Waals surface area contributed by atoms with Gasteiger partial charge in [0.25, 0.3) is 0 Å². The molecule has 3 heteroatoms. The van der Waals surface area contributed by atoms with Gasteiger partial charge in [0.2, 0.25) is 5.91 Å². The van der Waals surface area contributed by atoms with Crippen molar-refractivity contribution in [3.8, 4) is 11.8 Å². The zero-order valence-corrected chi connectivity index (χ0v) is 15.5. The normalized spacial score (nSPS) is 9.85. The lowest BCUT2D eigenvalue weighted by Crippen LogP contribution is -2.22. The minimum absolute atomic E-state index is 0.0808. The number of anilines is 2. The van der Waals surface area contributed by atoms with E-state index in [1.807, 2.05) is 80.6 Å². The van der Waals surface area contributed by atoms with Crippen LogP contribution in [0.1, 0.15) is 22.3 Å². The maximum absolute atomic E-state index is 12.2. The fourth-order valence-corrected chi connectivity index (χ4v) is 2.70. The van der Waals surface area contributed by atoms with E-state index in [-0.39, 0.29) is 12.5 Å². The molecule has 0 radical (unpaired) electrons. The van der Waals surface area contributed by atoms with Crippen LogP contribution in [0.25, 0.3) is 0 Å². The van der Waals surface area contributed by atoms with Gasteiger partial charge in [0.15, 0.2) is 0 Å². The van der Waals surface area contributed by atoms with Crippen LogP contribution in [0.15, 0.2) is 72.8 Å². The van der Waals surface area contributed by atoms with Crippen LogP contribution in [0.4, 0.5) is 11.4 Å². The van der Waals surface area contributed by atoms with E-state index in [2.05, 4.69) is 28.5 Å². The predicted octanol–water partition coefficient (Wildman–Crippen LogP) is 4.75. The summed E-state index contributed by atoms with van der Waals surface area (Å²) in [4.78, 5) is 12.2. The average molecular weight is 354 g/mol. The van der Waals surface area contributed by atoms with Crippen molar-refractivity contribution < 1.29 is 4.79 Å². The van der Waals surface area contributed by atoms with Crippen molar-refractivity contribution >= 4 is 17.3 Å². The maximum Gasteiger partial charge on any atom is 0.243 e. The third-order valence-corrected chi connectivity index (χ3v) is 4.10. The smallest absolute Gasteiger partial charge is 0.243 e. The average Bonchev–Trinajstić information content (AvgIpc) is 2.68. The number of rotatable bonds is 4. The first kappa shape index (κ1) is 18.3. The largest absolute Gasteiger partial charge is 0.376 e. The van der Waals surface area contributed by atoms with E-state index in [9.17, 15) is 4.79 Å². The molecule has 0 aliphatic rings. The van der Waals surface area contributed by atoms with Gasteiger partial charge in [0.1, 0.15) is 0 Å². The highest BCUT2D eigenvalue weighted by atomic mass is 16.1. The molecule has 3 rings (SSSR count). The highest BCUT2D eigenvalue weighted by Crippen LogP contribution is 2.16. The van der Waals surface area contributed by atoms with Crippen LogP contribution in [-0.4, -0.2) is 12.5 Å². The Hall–Kier alpha value is -3.51. The molecule has 0 saturated heterocycles. The fraction of sp³-hybridized carbons (Fsp3) is 0.125. The monoisotopic (exact) mass is 354 g/mol. The lowest BCUT2D eigenvalue weighted by atomic mass is 10.1. The van der Waals surface area contributed by atoms with Gasteiger partial charge >= 0.3 is 0 Å². The Kier molecular flexibility index (Phi) is 5.91. The summed E-state index contributed by atoms with van der Waals surface area (Å²) >= 11 is 0. The third-order valence-electron chi connectivity index (χ3n) is 4.10. The summed E-state index contributed by atoms with van der Waals surface area (Å²) in [5, 5.41) is 6.09. The van der Waals surface area contributed by atoms with Gasteiger partial charge in [0, 0.05) is 22.5 Å². The number of nitrogens with one attached hydrogen (secondary N) is 2. The van der Waals surface area contributed by atoms with E-state index in [0.717, 1.165) is 28.1 Å². The third kappa shape index (κ3) is 5.49.